The summed E-state index contributed by atoms with van der Waals surface area (Å²) >= 11 is 0. The van der Waals surface area contributed by atoms with Crippen molar-refractivity contribution in [1.29, 1.82) is 0 Å². The quantitative estimate of drug-likeness (QED) is 0.150. The highest BCUT2D eigenvalue weighted by Crippen LogP contribution is 2.67. The Balaban J connectivity index is 1.91. The van der Waals surface area contributed by atoms with Crippen molar-refractivity contribution in [2.24, 2.45) is 23.2 Å². The van der Waals surface area contributed by atoms with E-state index in [0.717, 1.165) is 25.2 Å². The molecule has 3 saturated carbocycles. The lowest BCUT2D eigenvalue weighted by Crippen LogP contribution is -2.65. The third-order valence-corrected chi connectivity index (χ3v) is 20.6. The van der Waals surface area contributed by atoms with Crippen LogP contribution in [0.15, 0.2) is 0 Å². The van der Waals surface area contributed by atoms with Crippen LogP contribution in [0.3, 0.4) is 0 Å². The van der Waals surface area contributed by atoms with Crippen molar-refractivity contribution in [3.05, 3.63) is 0 Å². The minimum atomic E-state index is -2.11. The number of carbonyl (C=O) groups excluding carboxylic acids is 1. The first-order valence-corrected chi connectivity index (χ1v) is 24.7. The van der Waals surface area contributed by atoms with E-state index >= 15 is 0 Å². The molecular formula is C32H66BNO5S2Si. The van der Waals surface area contributed by atoms with E-state index in [0.29, 0.717) is 30.3 Å². The van der Waals surface area contributed by atoms with Gasteiger partial charge in [0.2, 0.25) is 0 Å². The van der Waals surface area contributed by atoms with Gasteiger partial charge in [-0.1, -0.05) is 48.5 Å². The normalized spacial score (nSPS) is 30.1. The molecule has 1 heterocycles. The van der Waals surface area contributed by atoms with Crippen LogP contribution in [0.5, 0.6) is 0 Å². The van der Waals surface area contributed by atoms with E-state index in [1.807, 2.05) is 0 Å². The smallest absolute Gasteiger partial charge is 0.465 e. The summed E-state index contributed by atoms with van der Waals surface area (Å²) in [7, 11) is -4.59. The van der Waals surface area contributed by atoms with Gasteiger partial charge in [-0.2, -0.15) is 20.4 Å². The minimum Gasteiger partial charge on any atom is -0.465 e. The fourth-order valence-corrected chi connectivity index (χ4v) is 16.3. The highest BCUT2D eigenvalue weighted by Gasteiger charge is 2.69. The fourth-order valence-electron chi connectivity index (χ4n) is 7.54. The summed E-state index contributed by atoms with van der Waals surface area (Å²) in [6.07, 6.45) is 18.6. The lowest BCUT2D eigenvalue weighted by Gasteiger charge is -2.64. The van der Waals surface area contributed by atoms with Gasteiger partial charge in [0.05, 0.1) is 36.8 Å². The Morgan fingerprint density at radius 1 is 1.02 bits per heavy atom. The summed E-state index contributed by atoms with van der Waals surface area (Å²) < 4.78 is 29.5. The molecule has 0 N–H and O–H groups in total. The summed E-state index contributed by atoms with van der Waals surface area (Å²) in [5.41, 5.74) is 0.0622. The van der Waals surface area contributed by atoms with Crippen molar-refractivity contribution < 1.29 is 23.3 Å². The Hall–Kier alpha value is 0.292. The second kappa shape index (κ2) is 12.5. The largest absolute Gasteiger partial charge is 0.478 e. The highest BCUT2D eigenvalue weighted by atomic mass is 32.3. The fraction of sp³-hybridized carbons (Fsp3) is 0.969. The van der Waals surface area contributed by atoms with Crippen molar-refractivity contribution >= 4 is 41.8 Å². The van der Waals surface area contributed by atoms with Crippen molar-refractivity contribution in [3.8, 4) is 0 Å². The van der Waals surface area contributed by atoms with E-state index < -0.39 is 28.7 Å². The summed E-state index contributed by atoms with van der Waals surface area (Å²) in [5.74, 6) is 1.50. The maximum Gasteiger partial charge on any atom is 0.478 e. The minimum absolute atomic E-state index is 0.0548. The van der Waals surface area contributed by atoms with Crippen molar-refractivity contribution in [2.45, 2.75) is 129 Å². The van der Waals surface area contributed by atoms with Crippen LogP contribution in [0.4, 0.5) is 0 Å². The predicted octanol–water partition coefficient (Wildman–Crippen LogP) is 7.90. The Bertz CT molecular complexity index is 946. The van der Waals surface area contributed by atoms with E-state index in [4.69, 9.17) is 18.5 Å². The lowest BCUT2D eigenvalue weighted by molar-refractivity contribution is -0.199. The van der Waals surface area contributed by atoms with Gasteiger partial charge in [0.1, 0.15) is 0 Å². The van der Waals surface area contributed by atoms with Gasteiger partial charge in [0, 0.05) is 0 Å². The van der Waals surface area contributed by atoms with Gasteiger partial charge >= 0.3 is 13.1 Å². The first-order valence-electron chi connectivity index (χ1n) is 16.1. The maximum absolute atomic E-state index is 13.0. The van der Waals surface area contributed by atoms with Crippen molar-refractivity contribution in [3.63, 3.8) is 0 Å². The van der Waals surface area contributed by atoms with Crippen LogP contribution in [-0.2, 0) is 23.3 Å². The molecule has 0 aromatic heterocycles. The SMILES string of the molecule is CC(C)COC(=O)C[C@H](CC[C@@H](B1O[C@@H]2C[C@@H]3C[C@@H](C3(C)C)[C@]2(C)O1)N(S(C)(C)C)S(C)(C)C)O[Si](C)(C)C(C)(C)C. The number of carbonyl (C=O) groups is 1. The summed E-state index contributed by atoms with van der Waals surface area (Å²) in [6, 6.07) is 0. The lowest BCUT2D eigenvalue weighted by atomic mass is 9.43. The van der Waals surface area contributed by atoms with E-state index in [-0.39, 0.29) is 41.9 Å². The van der Waals surface area contributed by atoms with Gasteiger partial charge in [-0.3, -0.25) is 4.79 Å². The molecule has 4 fully saturated rings. The Kier molecular flexibility index (Phi) is 10.9. The van der Waals surface area contributed by atoms with Gasteiger partial charge in [0.25, 0.3) is 0 Å². The third kappa shape index (κ3) is 7.80. The van der Waals surface area contributed by atoms with Crippen LogP contribution in [0.2, 0.25) is 18.1 Å². The van der Waals surface area contributed by atoms with E-state index in [1.54, 1.807) is 0 Å². The molecule has 0 amide bonds. The number of rotatable bonds is 13. The first kappa shape index (κ1) is 36.8. The Morgan fingerprint density at radius 2 is 1.60 bits per heavy atom. The van der Waals surface area contributed by atoms with Gasteiger partial charge < -0.3 is 18.5 Å². The van der Waals surface area contributed by atoms with Crippen LogP contribution in [0.1, 0.15) is 87.5 Å². The number of hydrogen-bond acceptors (Lipinski definition) is 6. The van der Waals surface area contributed by atoms with Crippen LogP contribution < -0.4 is 0 Å². The monoisotopic (exact) mass is 647 g/mol. The van der Waals surface area contributed by atoms with Crippen molar-refractivity contribution in [2.75, 3.05) is 44.1 Å². The molecule has 6 nitrogen and oxygen atoms in total. The van der Waals surface area contributed by atoms with Gasteiger partial charge in [0.15, 0.2) is 8.32 Å². The molecule has 6 atom stereocenters. The number of ether oxygens (including phenoxy) is 1. The van der Waals surface area contributed by atoms with E-state index in [9.17, 15) is 4.79 Å². The number of hydrogen-bond donors (Lipinski definition) is 0. The number of nitrogens with zero attached hydrogens (tertiary/aromatic N) is 1. The molecule has 10 heteroatoms. The molecule has 0 aromatic carbocycles. The van der Waals surface area contributed by atoms with Crippen LogP contribution in [0.25, 0.3) is 0 Å². The molecule has 2 bridgehead atoms. The molecule has 248 valence electrons. The molecule has 1 saturated heterocycles. The molecule has 3 aliphatic carbocycles. The van der Waals surface area contributed by atoms with Crippen molar-refractivity contribution in [1.82, 2.24) is 3.71 Å². The topological polar surface area (TPSA) is 57.2 Å². The second-order valence-electron chi connectivity index (χ2n) is 17.6. The predicted molar refractivity (Wildman–Crippen MR) is 188 cm³/mol. The molecule has 1 aliphatic heterocycles. The van der Waals surface area contributed by atoms with Gasteiger partial charge in [-0.25, -0.2) is 3.71 Å². The Labute approximate surface area is 264 Å². The molecule has 0 unspecified atom stereocenters. The number of esters is 1. The second-order valence-corrected chi connectivity index (χ2v) is 30.5. The van der Waals surface area contributed by atoms with Crippen LogP contribution >= 0.6 is 20.4 Å². The summed E-state index contributed by atoms with van der Waals surface area (Å²) in [6.45, 7) is 23.1. The summed E-state index contributed by atoms with van der Waals surface area (Å²) in [4.78, 5) is 13.0. The molecule has 0 aromatic rings. The standard InChI is InChI=1S/C32H66BNO5S2Si/c1-23(2)22-36-29(35)21-25(38-42(15,16)30(3,4)5)17-18-28(34(40(9,10)11)41(12,13)14)33-37-27-20-24-19-26(31(24,6)7)32(27,8)39-33/h23-28H,17-22H2,1-16H3/t24-,25-,26-,27+,28-,32-/m0/s1. The van der Waals surface area contributed by atoms with E-state index in [2.05, 4.69) is 110 Å². The zero-order chi connectivity index (χ0) is 32.3. The molecule has 42 heavy (non-hydrogen) atoms. The molecule has 4 aliphatic rings. The van der Waals surface area contributed by atoms with Crippen LogP contribution in [0, 0.1) is 23.2 Å². The zero-order valence-corrected chi connectivity index (χ0v) is 32.7. The van der Waals surface area contributed by atoms with Gasteiger partial charge in [-0.15, -0.1) is 0 Å². The van der Waals surface area contributed by atoms with Gasteiger partial charge in [-0.05, 0) is 111 Å². The first-order chi connectivity index (χ1) is 18.8. The third-order valence-electron chi connectivity index (χ3n) is 10.7. The Morgan fingerprint density at radius 3 is 2.07 bits per heavy atom. The van der Waals surface area contributed by atoms with Crippen LogP contribution in [-0.4, -0.2) is 93.0 Å². The summed E-state index contributed by atoms with van der Waals surface area (Å²) in [5, 5.41) is 0.0548. The average molecular weight is 648 g/mol. The molecule has 0 radical (unpaired) electrons. The highest BCUT2D eigenvalue weighted by molar-refractivity contribution is 8.43. The molecular weight excluding hydrogens is 581 g/mol. The average Bonchev–Trinajstić information content (AvgIpc) is 3.14. The molecule has 0 spiro atoms. The van der Waals surface area contributed by atoms with E-state index in [1.165, 1.54) is 6.42 Å². The zero-order valence-electron chi connectivity index (χ0n) is 30.1. The molecule has 4 rings (SSSR count). The maximum atomic E-state index is 13.0.